The molecule has 3 aliphatic heterocycles. The van der Waals surface area contributed by atoms with Crippen molar-refractivity contribution in [2.45, 2.75) is 345 Å². The highest BCUT2D eigenvalue weighted by Crippen LogP contribution is 2.71. The van der Waals surface area contributed by atoms with E-state index < -0.39 is 105 Å². The fraction of sp³-hybridized carbons (Fsp3) is 0.885. The minimum atomic E-state index is -0.861. The SMILES string of the molecule is CCC(C)(C)C(=O)OC1(C)C(C)OC(=O)C1C.CCC(C)(C)C(=O)OC1(CC)CC2CC1C1C3CCC(C3)C21.CCC(C)(C)C(=O)OC12CC3CC(CC(O)(C3)C1)C2.CCC(C)(C)C(=O)OC1CCOC1=O.CCC(C)(C)C(=O)OCC(=O)OC1C2CC3C1OC(=O)C3C2C(=O)OC1(C)C2CC3CC(C2)CC1C3. The summed E-state index contributed by atoms with van der Waals surface area (Å²) in [5, 5.41) is 10.6. The average Bonchev–Trinajstić information content (AvgIpc) is 1.48. The highest BCUT2D eigenvalue weighted by Gasteiger charge is 2.72. The summed E-state index contributed by atoms with van der Waals surface area (Å²) in [6.07, 6.45) is 21.7. The number of hydrogen-bond acceptors (Lipinski definition) is 21. The molecule has 0 aromatic carbocycles. The third-order valence-electron chi connectivity index (χ3n) is 31.5. The van der Waals surface area contributed by atoms with Gasteiger partial charge in [-0.15, -0.1) is 0 Å². The van der Waals surface area contributed by atoms with E-state index in [1.165, 1.54) is 38.5 Å². The Morgan fingerprint density at radius 1 is 0.500 bits per heavy atom. The third kappa shape index (κ3) is 15.8. The summed E-state index contributed by atoms with van der Waals surface area (Å²) in [6.45, 7) is 38.1. The summed E-state index contributed by atoms with van der Waals surface area (Å²) in [7, 11) is 0. The van der Waals surface area contributed by atoms with Gasteiger partial charge < -0.3 is 52.5 Å². The molecule has 0 spiro atoms. The van der Waals surface area contributed by atoms with Crippen LogP contribution in [0.15, 0.2) is 0 Å². The van der Waals surface area contributed by atoms with E-state index in [9.17, 15) is 53.1 Å². The molecule has 0 amide bonds. The molecular formula is C87H134O21. The summed E-state index contributed by atoms with van der Waals surface area (Å²) >= 11 is 0. The lowest BCUT2D eigenvalue weighted by atomic mass is 9.50. The second-order valence-corrected chi connectivity index (χ2v) is 40.2. The van der Waals surface area contributed by atoms with Crippen LogP contribution in [0.1, 0.15) is 293 Å². The number of carbonyl (C=O) groups is 10. The van der Waals surface area contributed by atoms with Crippen LogP contribution in [0.2, 0.25) is 0 Å². The molecule has 3 saturated heterocycles. The predicted octanol–water partition coefficient (Wildman–Crippen LogP) is 14.9. The topological polar surface area (TPSA) is 283 Å². The van der Waals surface area contributed by atoms with E-state index in [1.54, 1.807) is 48.5 Å². The fourth-order valence-electron chi connectivity index (χ4n) is 22.8. The van der Waals surface area contributed by atoms with Crippen LogP contribution in [0, 0.1) is 128 Å². The van der Waals surface area contributed by atoms with Crippen LogP contribution >= 0.6 is 0 Å². The highest BCUT2D eigenvalue weighted by molar-refractivity contribution is 5.87. The van der Waals surface area contributed by atoms with Crippen LogP contribution in [0.25, 0.3) is 0 Å². The Kier molecular flexibility index (Phi) is 23.6. The molecule has 608 valence electrons. The first-order chi connectivity index (χ1) is 50.3. The lowest BCUT2D eigenvalue weighted by Crippen LogP contribution is -2.61. The van der Waals surface area contributed by atoms with Gasteiger partial charge in [0.15, 0.2) is 12.2 Å². The van der Waals surface area contributed by atoms with Gasteiger partial charge in [-0.1, -0.05) is 41.5 Å². The Balaban J connectivity index is 0.000000141. The molecule has 0 aromatic rings. The van der Waals surface area contributed by atoms with Crippen LogP contribution < -0.4 is 0 Å². The second-order valence-electron chi connectivity index (χ2n) is 40.2. The minimum Gasteiger partial charge on any atom is -0.463 e. The van der Waals surface area contributed by atoms with Crippen molar-refractivity contribution in [2.24, 2.45) is 128 Å². The zero-order chi connectivity index (χ0) is 79.4. The van der Waals surface area contributed by atoms with Gasteiger partial charge in [0.1, 0.15) is 35.1 Å². The van der Waals surface area contributed by atoms with Crippen LogP contribution in [0.3, 0.4) is 0 Å². The molecule has 108 heavy (non-hydrogen) atoms. The molecule has 21 nitrogen and oxygen atoms in total. The number of fused-ring (bicyclic) bond motifs is 10. The predicted molar refractivity (Wildman–Crippen MR) is 397 cm³/mol. The van der Waals surface area contributed by atoms with Crippen LogP contribution in [-0.4, -0.2) is 130 Å². The zero-order valence-corrected chi connectivity index (χ0v) is 69.1. The van der Waals surface area contributed by atoms with Crippen LogP contribution in [0.5, 0.6) is 0 Å². The first-order valence-electron chi connectivity index (χ1n) is 42.1. The van der Waals surface area contributed by atoms with Gasteiger partial charge in [0, 0.05) is 30.6 Å². The van der Waals surface area contributed by atoms with Crippen LogP contribution in [0.4, 0.5) is 0 Å². The molecule has 14 aliphatic carbocycles. The van der Waals surface area contributed by atoms with E-state index in [2.05, 4.69) is 20.8 Å². The second kappa shape index (κ2) is 30.5. The van der Waals surface area contributed by atoms with Crippen molar-refractivity contribution in [3.05, 3.63) is 0 Å². The molecule has 14 bridgehead atoms. The molecule has 3 heterocycles. The fourth-order valence-corrected chi connectivity index (χ4v) is 22.8. The molecule has 17 rings (SSSR count). The summed E-state index contributed by atoms with van der Waals surface area (Å²) < 4.78 is 55.6. The number of ether oxygens (including phenoxy) is 10. The maximum atomic E-state index is 13.7. The number of cyclic esters (lactones) is 2. The van der Waals surface area contributed by atoms with Gasteiger partial charge in [0.25, 0.3) is 0 Å². The average molecular weight is 1520 g/mol. The normalized spacial score (nSPS) is 41.0. The van der Waals surface area contributed by atoms with Crippen LogP contribution in [-0.2, 0) is 95.3 Å². The van der Waals surface area contributed by atoms with Crippen molar-refractivity contribution in [1.29, 1.82) is 0 Å². The van der Waals surface area contributed by atoms with E-state index >= 15 is 0 Å². The summed E-state index contributed by atoms with van der Waals surface area (Å²) in [5.41, 5.74) is -4.88. The molecular weight excluding hydrogens is 1380 g/mol. The molecule has 19 atom stereocenters. The monoisotopic (exact) mass is 1510 g/mol. The van der Waals surface area contributed by atoms with Gasteiger partial charge in [-0.3, -0.25) is 38.4 Å². The standard InChI is InChI=1S/C28H38O8.C20H32O2.C16H26O3.C13H22O4.C10H16O4/c1-5-27(2,3)26(32)33-12-19(29)34-22-18-11-17-20(24(30)35-23(17)22)21(18)25(31)36-28(4)15-7-13-6-14(9-15)10-16(28)8-13;1-5-19(3,4)18(21)22-20(6-2)11-14-10-15(20)17-13-8-7-12(9-13)16(14)17;1-4-14(2,3)13(17)19-16-8-11-5-12(9-16)7-15(18,6-11)10-16;1-7-12(4,5)11(15)17-13(6)8(2)10(14)16-9(13)3;1-4-10(2,3)9(12)14-7-5-6-13-8(7)11/h13-18,20-23H,5-12H2,1-4H3;12-17H,5-11H2,1-4H3;11-12,18H,4-10H2,1-3H3;8-9H,7H2,1-6H3;7H,4-6H2,1-3H3. The largest absolute Gasteiger partial charge is 0.463 e. The Bertz CT molecular complexity index is 3370. The number of aliphatic hydroxyl groups is 1. The lowest BCUT2D eigenvalue weighted by molar-refractivity contribution is -0.225. The van der Waals surface area contributed by atoms with E-state index in [1.807, 2.05) is 69.2 Å². The molecule has 17 fully saturated rings. The first-order valence-corrected chi connectivity index (χ1v) is 42.1. The van der Waals surface area contributed by atoms with Crippen molar-refractivity contribution < 1.29 is 100 Å². The van der Waals surface area contributed by atoms with Gasteiger partial charge in [-0.05, 0) is 303 Å². The maximum Gasteiger partial charge on any atom is 0.347 e. The Morgan fingerprint density at radius 3 is 1.53 bits per heavy atom. The summed E-state index contributed by atoms with van der Waals surface area (Å²) in [5.74, 6) is 3.43. The third-order valence-corrected chi connectivity index (χ3v) is 31.5. The molecule has 17 aliphatic rings. The van der Waals surface area contributed by atoms with Gasteiger partial charge in [-0.25, -0.2) is 9.59 Å². The van der Waals surface area contributed by atoms with Gasteiger partial charge in [0.2, 0.25) is 6.10 Å². The van der Waals surface area contributed by atoms with Crippen molar-refractivity contribution in [3.63, 3.8) is 0 Å². The number of hydrogen-bond donors (Lipinski definition) is 1. The molecule has 0 aromatic heterocycles. The van der Waals surface area contributed by atoms with Crippen molar-refractivity contribution >= 4 is 59.7 Å². The molecule has 0 radical (unpaired) electrons. The summed E-state index contributed by atoms with van der Waals surface area (Å²) in [6, 6.07) is 0. The molecule has 1 N–H and O–H groups in total. The van der Waals surface area contributed by atoms with Crippen molar-refractivity contribution in [2.75, 3.05) is 13.2 Å². The number of carbonyl (C=O) groups excluding carboxylic acids is 10. The minimum absolute atomic E-state index is 0.0455. The van der Waals surface area contributed by atoms with E-state index in [4.69, 9.17) is 47.4 Å². The quantitative estimate of drug-likeness (QED) is 0.0673. The van der Waals surface area contributed by atoms with Gasteiger partial charge >= 0.3 is 59.7 Å². The first kappa shape index (κ1) is 83.6. The Hall–Kier alpha value is -5.34. The molecule has 19 unspecified atom stereocenters. The molecule has 14 saturated carbocycles. The van der Waals surface area contributed by atoms with Gasteiger partial charge in [-0.2, -0.15) is 0 Å². The van der Waals surface area contributed by atoms with E-state index in [0.717, 1.165) is 118 Å². The smallest absolute Gasteiger partial charge is 0.347 e. The summed E-state index contributed by atoms with van der Waals surface area (Å²) in [4.78, 5) is 123. The number of rotatable bonds is 20. The van der Waals surface area contributed by atoms with E-state index in [-0.39, 0.29) is 70.2 Å². The Morgan fingerprint density at radius 2 is 1.02 bits per heavy atom. The Labute approximate surface area is 643 Å². The maximum absolute atomic E-state index is 13.7. The van der Waals surface area contributed by atoms with E-state index in [0.29, 0.717) is 74.7 Å². The van der Waals surface area contributed by atoms with Crippen molar-refractivity contribution in [3.8, 4) is 0 Å². The highest BCUT2D eigenvalue weighted by atomic mass is 16.6. The number of esters is 10. The zero-order valence-electron chi connectivity index (χ0n) is 69.1. The lowest BCUT2D eigenvalue weighted by Gasteiger charge is -2.59. The molecule has 21 heteroatoms. The van der Waals surface area contributed by atoms with Crippen molar-refractivity contribution in [1.82, 2.24) is 0 Å². The van der Waals surface area contributed by atoms with Gasteiger partial charge in [0.05, 0.1) is 57.0 Å².